The van der Waals surface area contributed by atoms with E-state index in [9.17, 15) is 4.79 Å². The van der Waals surface area contributed by atoms with E-state index in [1.54, 1.807) is 0 Å². The summed E-state index contributed by atoms with van der Waals surface area (Å²) >= 11 is 0. The summed E-state index contributed by atoms with van der Waals surface area (Å²) < 4.78 is 5.19. The second-order valence-electron chi connectivity index (χ2n) is 14.5. The number of nitrogens with zero attached hydrogens (tertiary/aromatic N) is 1. The molecule has 6 nitrogen and oxygen atoms in total. The van der Waals surface area contributed by atoms with Crippen molar-refractivity contribution in [1.82, 2.24) is 20.9 Å². The minimum absolute atomic E-state index is 0.160. The van der Waals surface area contributed by atoms with Crippen LogP contribution < -0.4 is 16.0 Å². The van der Waals surface area contributed by atoms with Crippen LogP contribution in [0, 0.1) is 40.9 Å². The van der Waals surface area contributed by atoms with Crippen LogP contribution in [0.15, 0.2) is 0 Å². The van der Waals surface area contributed by atoms with Crippen molar-refractivity contribution in [2.75, 3.05) is 72.1 Å². The van der Waals surface area contributed by atoms with E-state index in [0.29, 0.717) is 17.7 Å². The van der Waals surface area contributed by atoms with Gasteiger partial charge in [-0.3, -0.25) is 9.69 Å². The number of carbonyl (C=O) groups excluding carboxylic acids is 1. The minimum Gasteiger partial charge on any atom is -0.379 e. The predicted octanol–water partition coefficient (Wildman–Crippen LogP) is 5.86. The van der Waals surface area contributed by atoms with Gasteiger partial charge in [0.2, 0.25) is 0 Å². The highest BCUT2D eigenvalue weighted by Crippen LogP contribution is 2.34. The molecule has 1 atom stereocenters. The summed E-state index contributed by atoms with van der Waals surface area (Å²) in [4.78, 5) is 13.5. The Hall–Kier alpha value is -0.530. The molecule has 40 heavy (non-hydrogen) atoms. The van der Waals surface area contributed by atoms with Gasteiger partial charge < -0.3 is 20.7 Å². The van der Waals surface area contributed by atoms with Gasteiger partial charge in [-0.05, 0) is 113 Å². The molecule has 0 aromatic heterocycles. The SMILES string of the molecule is CC(C)C(=O)CN1CCOCC1.CC(C)C1CCNC1.CC(C)C1CCNCC1.CC(C)CC1(C)CCNCC1. The van der Waals surface area contributed by atoms with E-state index < -0.39 is 0 Å². The second-order valence-corrected chi connectivity index (χ2v) is 14.5. The minimum atomic E-state index is 0.160. The van der Waals surface area contributed by atoms with Crippen LogP contribution >= 0.6 is 0 Å². The molecule has 4 aliphatic heterocycles. The molecule has 0 aliphatic carbocycles. The average Bonchev–Trinajstić information content (AvgIpc) is 3.46. The van der Waals surface area contributed by atoms with E-state index in [-0.39, 0.29) is 5.92 Å². The van der Waals surface area contributed by atoms with Gasteiger partial charge in [-0.2, -0.15) is 0 Å². The molecule has 6 heteroatoms. The van der Waals surface area contributed by atoms with Gasteiger partial charge in [0, 0.05) is 19.0 Å². The molecular formula is C34H70N4O2. The van der Waals surface area contributed by atoms with Crippen LogP contribution in [0.3, 0.4) is 0 Å². The Morgan fingerprint density at radius 2 is 1.27 bits per heavy atom. The van der Waals surface area contributed by atoms with Crippen LogP contribution in [0.2, 0.25) is 0 Å². The predicted molar refractivity (Wildman–Crippen MR) is 173 cm³/mol. The van der Waals surface area contributed by atoms with Gasteiger partial charge in [-0.25, -0.2) is 0 Å². The fourth-order valence-corrected chi connectivity index (χ4v) is 6.14. The molecule has 0 bridgehead atoms. The van der Waals surface area contributed by atoms with Crippen LogP contribution in [0.5, 0.6) is 0 Å². The van der Waals surface area contributed by atoms with E-state index in [2.05, 4.69) is 69.3 Å². The molecule has 0 aromatic rings. The van der Waals surface area contributed by atoms with E-state index in [4.69, 9.17) is 4.74 Å². The van der Waals surface area contributed by atoms with Gasteiger partial charge in [-0.15, -0.1) is 0 Å². The average molecular weight is 567 g/mol. The molecule has 0 aromatic carbocycles. The Labute approximate surface area is 249 Å². The maximum absolute atomic E-state index is 11.3. The molecule has 1 unspecified atom stereocenters. The van der Waals surface area contributed by atoms with Crippen molar-refractivity contribution in [3.63, 3.8) is 0 Å². The molecule has 238 valence electrons. The van der Waals surface area contributed by atoms with Crippen molar-refractivity contribution in [3.8, 4) is 0 Å². The highest BCUT2D eigenvalue weighted by Gasteiger charge is 2.27. The number of ether oxygens (including phenoxy) is 1. The van der Waals surface area contributed by atoms with Gasteiger partial charge in [0.25, 0.3) is 0 Å². The fourth-order valence-electron chi connectivity index (χ4n) is 6.14. The molecule has 4 heterocycles. The third kappa shape index (κ3) is 17.4. The van der Waals surface area contributed by atoms with Crippen LogP contribution in [0.25, 0.3) is 0 Å². The maximum atomic E-state index is 11.3. The Balaban J connectivity index is 0.000000270. The third-order valence-electron chi connectivity index (χ3n) is 9.21. The number of morpholine rings is 1. The summed E-state index contributed by atoms with van der Waals surface area (Å²) in [6.45, 7) is 31.6. The highest BCUT2D eigenvalue weighted by atomic mass is 16.5. The summed E-state index contributed by atoms with van der Waals surface area (Å²) in [6.07, 6.45) is 8.29. The van der Waals surface area contributed by atoms with E-state index >= 15 is 0 Å². The standard InChI is InChI=1S/C10H21N.C9H17NO2.C8H17N.C7H15N/c1-9(2)8-10(3)4-6-11-7-5-10;1-8(2)9(11)7-10-3-5-12-6-4-10;1-7(2)8-3-5-9-6-4-8;1-6(2)7-3-4-8-5-7/h9,11H,4-8H2,1-3H3;8H,3-7H2,1-2H3;7-9H,3-6H2,1-2H3;6-8H,3-5H2,1-2H3. The van der Waals surface area contributed by atoms with Gasteiger partial charge in [0.15, 0.2) is 0 Å². The lowest BCUT2D eigenvalue weighted by Gasteiger charge is -2.35. The second kappa shape index (κ2) is 21.2. The largest absolute Gasteiger partial charge is 0.379 e. The topological polar surface area (TPSA) is 65.6 Å². The Morgan fingerprint density at radius 3 is 1.68 bits per heavy atom. The van der Waals surface area contributed by atoms with Crippen molar-refractivity contribution in [2.45, 2.75) is 101 Å². The van der Waals surface area contributed by atoms with Gasteiger partial charge in [0.1, 0.15) is 5.78 Å². The lowest BCUT2D eigenvalue weighted by atomic mass is 9.75. The summed E-state index contributed by atoms with van der Waals surface area (Å²) in [5, 5.41) is 10.1. The molecule has 0 amide bonds. The van der Waals surface area contributed by atoms with Crippen LogP contribution in [0.4, 0.5) is 0 Å². The monoisotopic (exact) mass is 567 g/mol. The number of hydrogen-bond acceptors (Lipinski definition) is 6. The van der Waals surface area contributed by atoms with Crippen molar-refractivity contribution in [3.05, 3.63) is 0 Å². The Morgan fingerprint density at radius 1 is 0.775 bits per heavy atom. The molecule has 0 saturated carbocycles. The number of piperidine rings is 2. The normalized spacial score (nSPS) is 23.7. The van der Waals surface area contributed by atoms with E-state index in [1.165, 1.54) is 77.8 Å². The number of hydrogen-bond donors (Lipinski definition) is 3. The van der Waals surface area contributed by atoms with Crippen molar-refractivity contribution in [2.24, 2.45) is 40.9 Å². The molecule has 4 saturated heterocycles. The van der Waals surface area contributed by atoms with E-state index in [0.717, 1.165) is 55.9 Å². The first-order valence-corrected chi connectivity index (χ1v) is 16.9. The van der Waals surface area contributed by atoms with Crippen molar-refractivity contribution in [1.29, 1.82) is 0 Å². The van der Waals surface area contributed by atoms with Crippen molar-refractivity contribution >= 4 is 5.78 Å². The number of carbonyl (C=O) groups is 1. The lowest BCUT2D eigenvalue weighted by molar-refractivity contribution is -0.124. The smallest absolute Gasteiger partial charge is 0.149 e. The molecule has 3 N–H and O–H groups in total. The molecular weight excluding hydrogens is 496 g/mol. The Bertz CT molecular complexity index is 613. The zero-order chi connectivity index (χ0) is 30.0. The molecule has 4 aliphatic rings. The molecule has 4 fully saturated rings. The number of nitrogens with one attached hydrogen (secondary N) is 3. The first kappa shape index (κ1) is 37.5. The highest BCUT2D eigenvalue weighted by molar-refractivity contribution is 5.82. The molecule has 0 spiro atoms. The maximum Gasteiger partial charge on any atom is 0.149 e. The zero-order valence-corrected chi connectivity index (χ0v) is 28.2. The van der Waals surface area contributed by atoms with Crippen LogP contribution in [-0.4, -0.2) is 82.8 Å². The summed E-state index contributed by atoms with van der Waals surface area (Å²) in [5.74, 6) is 5.07. The Kier molecular flexibility index (Phi) is 19.9. The van der Waals surface area contributed by atoms with Gasteiger partial charge in [-0.1, -0.05) is 62.3 Å². The number of Topliss-reactive ketones (excluding diaryl/α,β-unsaturated/α-hetero) is 1. The van der Waals surface area contributed by atoms with Crippen LogP contribution in [0.1, 0.15) is 101 Å². The summed E-state index contributed by atoms with van der Waals surface area (Å²) in [7, 11) is 0. The van der Waals surface area contributed by atoms with Crippen molar-refractivity contribution < 1.29 is 9.53 Å². The zero-order valence-electron chi connectivity index (χ0n) is 28.2. The van der Waals surface area contributed by atoms with Crippen LogP contribution in [-0.2, 0) is 9.53 Å². The molecule has 4 rings (SSSR count). The first-order valence-electron chi connectivity index (χ1n) is 16.9. The first-order chi connectivity index (χ1) is 18.9. The number of ketones is 1. The quantitative estimate of drug-likeness (QED) is 0.359. The van der Waals surface area contributed by atoms with Gasteiger partial charge in [0.05, 0.1) is 19.8 Å². The third-order valence-corrected chi connectivity index (χ3v) is 9.21. The van der Waals surface area contributed by atoms with E-state index in [1.807, 2.05) is 13.8 Å². The van der Waals surface area contributed by atoms with Gasteiger partial charge >= 0.3 is 0 Å². The number of rotatable bonds is 7. The summed E-state index contributed by atoms with van der Waals surface area (Å²) in [6, 6.07) is 0. The molecule has 0 radical (unpaired) electrons. The summed E-state index contributed by atoms with van der Waals surface area (Å²) in [5.41, 5.74) is 0.638. The lowest BCUT2D eigenvalue weighted by Crippen LogP contribution is -2.40. The fraction of sp³-hybridized carbons (Fsp3) is 0.971.